The number of carboxylic acids is 1. The van der Waals surface area contributed by atoms with Crippen LogP contribution in [0.15, 0.2) is 66.9 Å². The van der Waals surface area contributed by atoms with Crippen molar-refractivity contribution in [2.24, 2.45) is 5.92 Å². The number of hydrogen-bond donors (Lipinski definition) is 3. The summed E-state index contributed by atoms with van der Waals surface area (Å²) in [4.78, 5) is 18.4. The number of aromatic nitrogens is 3. The maximum absolute atomic E-state index is 11.2. The Hall–Kier alpha value is -4.72. The van der Waals surface area contributed by atoms with Gasteiger partial charge in [-0.05, 0) is 62.8 Å². The Labute approximate surface area is 332 Å². The lowest BCUT2D eigenvalue weighted by atomic mass is 9.83. The fourth-order valence-electron chi connectivity index (χ4n) is 8.24. The first-order chi connectivity index (χ1) is 27.2. The van der Waals surface area contributed by atoms with Crippen molar-refractivity contribution < 1.29 is 34.0 Å². The predicted molar refractivity (Wildman–Crippen MR) is 216 cm³/mol. The highest BCUT2D eigenvalue weighted by Crippen LogP contribution is 2.41. The maximum Gasteiger partial charge on any atom is 0.303 e. The Morgan fingerprint density at radius 1 is 0.964 bits per heavy atom. The number of aliphatic hydroxyl groups is 1. The van der Waals surface area contributed by atoms with E-state index < -0.39 is 12.1 Å². The first-order valence-corrected chi connectivity index (χ1v) is 19.5. The summed E-state index contributed by atoms with van der Waals surface area (Å²) < 4.78 is 24.8. The highest BCUT2D eigenvalue weighted by atomic mass is 35.5. The lowest BCUT2D eigenvalue weighted by molar-refractivity contribution is -0.138. The molecule has 0 unspecified atom stereocenters. The predicted octanol–water partition coefficient (Wildman–Crippen LogP) is 7.14. The molecule has 0 bridgehead atoms. The van der Waals surface area contributed by atoms with Crippen LogP contribution >= 0.6 is 11.6 Å². The van der Waals surface area contributed by atoms with Gasteiger partial charge in [-0.1, -0.05) is 48.0 Å². The molecule has 3 aromatic carbocycles. The number of carboxylic acid groups (broad SMARTS) is 1. The van der Waals surface area contributed by atoms with E-state index in [1.54, 1.807) is 21.3 Å². The minimum Gasteiger partial charge on any atom is -0.496 e. The Morgan fingerprint density at radius 3 is 2.38 bits per heavy atom. The van der Waals surface area contributed by atoms with Crippen molar-refractivity contribution in [3.63, 3.8) is 0 Å². The summed E-state index contributed by atoms with van der Waals surface area (Å²) in [6, 6.07) is 20.3. The van der Waals surface area contributed by atoms with Crippen LogP contribution in [0.4, 0.5) is 0 Å². The Bertz CT molecular complexity index is 2140. The zero-order chi connectivity index (χ0) is 39.3. The van der Waals surface area contributed by atoms with Gasteiger partial charge in [-0.3, -0.25) is 9.69 Å². The van der Waals surface area contributed by atoms with Gasteiger partial charge >= 0.3 is 5.97 Å². The molecule has 5 aromatic rings. The smallest absolute Gasteiger partial charge is 0.303 e. The molecule has 0 spiro atoms. The number of methoxy groups -OCH3 is 3. The van der Waals surface area contributed by atoms with Crippen LogP contribution in [-0.2, 0) is 22.6 Å². The number of halogens is 1. The third-order valence-corrected chi connectivity index (χ3v) is 11.7. The van der Waals surface area contributed by atoms with Gasteiger partial charge in [0.2, 0.25) is 5.88 Å². The second-order valence-corrected chi connectivity index (χ2v) is 15.1. The van der Waals surface area contributed by atoms with Gasteiger partial charge in [0.1, 0.15) is 11.5 Å². The molecule has 13 heteroatoms. The van der Waals surface area contributed by atoms with E-state index in [0.29, 0.717) is 60.4 Å². The number of ether oxygens (including phenoxy) is 4. The maximum atomic E-state index is 11.2. The Kier molecular flexibility index (Phi) is 12.4. The topological polar surface area (TPSA) is 140 Å². The summed E-state index contributed by atoms with van der Waals surface area (Å²) in [5, 5.41) is 29.3. The summed E-state index contributed by atoms with van der Waals surface area (Å²) in [6.45, 7) is 2.03. The van der Waals surface area contributed by atoms with Crippen molar-refractivity contribution in [2.45, 2.75) is 69.8 Å². The number of nitrogens with one attached hydrogen (secondary N) is 1. The Morgan fingerprint density at radius 2 is 1.68 bits per heavy atom. The highest BCUT2D eigenvalue weighted by Gasteiger charge is 2.27. The van der Waals surface area contributed by atoms with E-state index >= 15 is 0 Å². The summed E-state index contributed by atoms with van der Waals surface area (Å²) in [7, 11) is 7.02. The van der Waals surface area contributed by atoms with Gasteiger partial charge in [0.05, 0.1) is 67.7 Å². The van der Waals surface area contributed by atoms with Crippen molar-refractivity contribution >= 4 is 28.5 Å². The number of benzene rings is 3. The van der Waals surface area contributed by atoms with Gasteiger partial charge < -0.3 is 34.5 Å². The molecular weight excluding hydrogens is 734 g/mol. The van der Waals surface area contributed by atoms with E-state index in [1.165, 1.54) is 0 Å². The number of rotatable bonds is 14. The molecular formula is C43H50ClN5O7. The number of carbonyl (C=O) groups is 1. The number of pyridine rings is 1. The second-order valence-electron chi connectivity index (χ2n) is 14.8. The van der Waals surface area contributed by atoms with E-state index in [-0.39, 0.29) is 18.4 Å². The average Bonchev–Trinajstić information content (AvgIpc) is 3.65. The van der Waals surface area contributed by atoms with Crippen molar-refractivity contribution in [3.05, 3.63) is 83.0 Å². The van der Waals surface area contributed by atoms with Crippen molar-refractivity contribution in [3.8, 4) is 45.5 Å². The summed E-state index contributed by atoms with van der Waals surface area (Å²) in [5.74, 6) is 1.38. The van der Waals surface area contributed by atoms with Gasteiger partial charge in [0, 0.05) is 72.4 Å². The lowest BCUT2D eigenvalue weighted by Crippen LogP contribution is -2.46. The third-order valence-electron chi connectivity index (χ3n) is 11.3. The molecule has 1 aliphatic carbocycles. The summed E-state index contributed by atoms with van der Waals surface area (Å²) >= 11 is 7.24. The number of aliphatic carboxylic acids is 1. The first kappa shape index (κ1) is 39.5. The third kappa shape index (κ3) is 8.35. The van der Waals surface area contributed by atoms with Crippen LogP contribution in [-0.4, -0.2) is 95.6 Å². The van der Waals surface area contributed by atoms with Gasteiger partial charge in [0.25, 0.3) is 0 Å². The van der Waals surface area contributed by atoms with Crippen LogP contribution in [0.5, 0.6) is 17.4 Å². The van der Waals surface area contributed by atoms with Crippen LogP contribution in [0.1, 0.15) is 49.7 Å². The summed E-state index contributed by atoms with van der Waals surface area (Å²) in [5.41, 5.74) is 6.75. The first-order valence-electron chi connectivity index (χ1n) is 19.1. The Balaban J connectivity index is 1.13. The zero-order valence-electron chi connectivity index (χ0n) is 32.3. The van der Waals surface area contributed by atoms with Crippen LogP contribution in [0.25, 0.3) is 39.0 Å². The van der Waals surface area contributed by atoms with Crippen LogP contribution in [0.2, 0.25) is 5.02 Å². The van der Waals surface area contributed by atoms with Crippen LogP contribution in [0.3, 0.4) is 0 Å². The molecule has 1 saturated heterocycles. The number of fused-ring (bicyclic) bond motifs is 1. The van der Waals surface area contributed by atoms with E-state index in [1.807, 2.05) is 65.5 Å². The molecule has 2 fully saturated rings. The highest BCUT2D eigenvalue weighted by molar-refractivity contribution is 6.36. The average molecular weight is 784 g/mol. The monoisotopic (exact) mass is 783 g/mol. The normalized spacial score (nSPS) is 20.0. The van der Waals surface area contributed by atoms with Crippen LogP contribution in [0, 0.1) is 5.92 Å². The van der Waals surface area contributed by atoms with Crippen molar-refractivity contribution in [1.82, 2.24) is 25.0 Å². The van der Waals surface area contributed by atoms with Crippen molar-refractivity contribution in [1.29, 1.82) is 0 Å². The molecule has 3 heterocycles. The minimum atomic E-state index is -0.713. The molecule has 56 heavy (non-hydrogen) atoms. The standard InChI is InChI=1S/C43H50ClN5O7/c1-48(28-14-11-26(12-15-28)19-41(51)52)24-27-13-16-35(47-43(27)55-4)32-9-5-8-31(42(32)44)30-7-6-10-37-33(30)23-46-49(37)29-20-39(53-2)34(40(21-29)54-3)22-45-36-17-18-56-25-38(36)50/h5-10,13,16,20-21,23,26,28,36,38,45,50H,11-12,14-15,17-19,22,24-25H2,1-4H3,(H,51,52)/t26?,28?,36-,38+/m1/s1. The molecule has 0 radical (unpaired) electrons. The molecule has 2 aliphatic rings. The van der Waals surface area contributed by atoms with Crippen molar-refractivity contribution in [2.75, 3.05) is 41.6 Å². The van der Waals surface area contributed by atoms with Gasteiger partial charge in [-0.2, -0.15) is 5.10 Å². The minimum absolute atomic E-state index is 0.0871. The second kappa shape index (κ2) is 17.6. The fourth-order valence-corrected chi connectivity index (χ4v) is 8.57. The van der Waals surface area contributed by atoms with E-state index in [0.717, 1.165) is 76.5 Å². The molecule has 296 valence electrons. The molecule has 1 aliphatic heterocycles. The quantitative estimate of drug-likeness (QED) is 0.106. The molecule has 2 aromatic heterocycles. The van der Waals surface area contributed by atoms with Gasteiger partial charge in [-0.25, -0.2) is 9.67 Å². The molecule has 3 N–H and O–H groups in total. The van der Waals surface area contributed by atoms with Gasteiger partial charge in [-0.15, -0.1) is 0 Å². The fraction of sp³-hybridized carbons (Fsp3) is 0.419. The van der Waals surface area contributed by atoms with E-state index in [4.69, 9.17) is 40.6 Å². The summed E-state index contributed by atoms with van der Waals surface area (Å²) in [6.07, 6.45) is 6.05. The van der Waals surface area contributed by atoms with Crippen LogP contribution < -0.4 is 19.5 Å². The van der Waals surface area contributed by atoms with Gasteiger partial charge in [0.15, 0.2) is 0 Å². The molecule has 2 atom stereocenters. The van der Waals surface area contributed by atoms with E-state index in [9.17, 15) is 15.0 Å². The number of aliphatic hydroxyl groups excluding tert-OH is 1. The lowest BCUT2D eigenvalue weighted by Gasteiger charge is -2.34. The molecule has 1 saturated carbocycles. The number of nitrogens with zero attached hydrogens (tertiary/aromatic N) is 4. The number of hydrogen-bond acceptors (Lipinski definition) is 10. The zero-order valence-corrected chi connectivity index (χ0v) is 33.1. The molecule has 12 nitrogen and oxygen atoms in total. The SMILES string of the molecule is COc1cc(-n2ncc3c(-c4cccc(-c5ccc(CN(C)C6CCC(CC(=O)O)CC6)c(OC)n5)c4Cl)cccc32)cc(OC)c1CN[C@@H]1CCOC[C@@H]1O. The molecule has 7 rings (SSSR count). The largest absolute Gasteiger partial charge is 0.496 e. The molecule has 0 amide bonds. The van der Waals surface area contributed by atoms with E-state index in [2.05, 4.69) is 23.3 Å².